The molecule has 2 aliphatic heterocycles. The van der Waals surface area contributed by atoms with Crippen LogP contribution in [0.2, 0.25) is 0 Å². The normalized spacial score (nSPS) is 12.9. The Morgan fingerprint density at radius 2 is 0.796 bits per heavy atom. The Morgan fingerprint density at radius 3 is 1.19 bits per heavy atom. The summed E-state index contributed by atoms with van der Waals surface area (Å²) >= 11 is 0. The van der Waals surface area contributed by atoms with Crippen LogP contribution >= 0.6 is 0 Å². The predicted octanol–water partition coefficient (Wildman–Crippen LogP) is 11.8. The maximum absolute atomic E-state index is 6.98. The Hall–Kier alpha value is -6.00. The van der Waals surface area contributed by atoms with Crippen molar-refractivity contribution in [2.24, 2.45) is 0 Å². The van der Waals surface area contributed by atoms with Crippen LogP contribution in [-0.4, -0.2) is 6.71 Å². The van der Waals surface area contributed by atoms with Gasteiger partial charge in [0, 0.05) is 29.0 Å². The highest BCUT2D eigenvalue weighted by Gasteiger charge is 2.41. The molecule has 7 aromatic rings. The summed E-state index contributed by atoms with van der Waals surface area (Å²) in [6, 6.07) is 56.7. The summed E-state index contributed by atoms with van der Waals surface area (Å²) in [5.41, 5.74) is 13.7. The van der Waals surface area contributed by atoms with Crippen LogP contribution in [0, 0.1) is 0 Å². The fourth-order valence-electron chi connectivity index (χ4n) is 7.90. The van der Waals surface area contributed by atoms with E-state index in [0.717, 1.165) is 78.7 Å². The van der Waals surface area contributed by atoms with Gasteiger partial charge in [-0.05, 0) is 91.5 Å². The monoisotopic (exact) mass is 701 g/mol. The third-order valence-electron chi connectivity index (χ3n) is 10.9. The van der Waals surface area contributed by atoms with Crippen LogP contribution in [0.4, 0.5) is 17.1 Å². The molecular formula is C50H44BNO2. The van der Waals surface area contributed by atoms with E-state index in [-0.39, 0.29) is 17.5 Å². The van der Waals surface area contributed by atoms with E-state index in [4.69, 9.17) is 9.47 Å². The highest BCUT2D eigenvalue weighted by Crippen LogP contribution is 2.44. The molecule has 0 radical (unpaired) electrons. The maximum Gasteiger partial charge on any atom is 0.260 e. The van der Waals surface area contributed by atoms with E-state index in [2.05, 4.69) is 204 Å². The van der Waals surface area contributed by atoms with Crippen LogP contribution < -0.4 is 30.8 Å². The lowest BCUT2D eigenvalue weighted by Crippen LogP contribution is -2.57. The standard InChI is InChI=1S/C50H44BNO2/c1-49(2,3)37-19-23-39(24-20-37)52(40-25-21-38(22-26-40)50(4,5)6)41-31-46-48-47(32-41)54-45-30-36(34-15-11-8-12-16-34)18-28-43(45)51(48)42-27-17-35(29-44(42)53-46)33-13-9-7-10-14-33/h7-32H,1-6H3. The van der Waals surface area contributed by atoms with E-state index in [0.29, 0.717) is 0 Å². The molecule has 2 heterocycles. The minimum Gasteiger partial charge on any atom is -0.458 e. The van der Waals surface area contributed by atoms with Crippen LogP contribution in [0.5, 0.6) is 23.0 Å². The Bertz CT molecular complexity index is 2320. The van der Waals surface area contributed by atoms with Crippen LogP contribution in [0.15, 0.2) is 158 Å². The molecule has 264 valence electrons. The first kappa shape index (κ1) is 33.8. The van der Waals surface area contributed by atoms with Crippen molar-refractivity contribution in [3.05, 3.63) is 169 Å². The molecule has 0 saturated carbocycles. The van der Waals surface area contributed by atoms with Gasteiger partial charge < -0.3 is 14.4 Å². The molecule has 0 N–H and O–H groups in total. The van der Waals surface area contributed by atoms with Gasteiger partial charge in [-0.15, -0.1) is 0 Å². The quantitative estimate of drug-likeness (QED) is 0.167. The number of nitrogens with zero attached hydrogens (tertiary/aromatic N) is 1. The minimum atomic E-state index is -0.0446. The predicted molar refractivity (Wildman–Crippen MR) is 227 cm³/mol. The zero-order chi connectivity index (χ0) is 37.2. The van der Waals surface area contributed by atoms with Crippen LogP contribution in [0.25, 0.3) is 22.3 Å². The van der Waals surface area contributed by atoms with Crippen molar-refractivity contribution in [1.82, 2.24) is 0 Å². The third kappa shape index (κ3) is 6.06. The van der Waals surface area contributed by atoms with E-state index in [9.17, 15) is 0 Å². The molecule has 0 fully saturated rings. The molecule has 0 saturated heterocycles. The molecule has 54 heavy (non-hydrogen) atoms. The summed E-state index contributed by atoms with van der Waals surface area (Å²) in [5.74, 6) is 3.36. The minimum absolute atomic E-state index is 0.0440. The van der Waals surface area contributed by atoms with Gasteiger partial charge in [-0.3, -0.25) is 0 Å². The van der Waals surface area contributed by atoms with Gasteiger partial charge in [0.25, 0.3) is 6.71 Å². The fourth-order valence-corrected chi connectivity index (χ4v) is 7.90. The number of ether oxygens (including phenoxy) is 2. The molecule has 0 atom stereocenters. The molecule has 2 aliphatic rings. The molecule has 0 amide bonds. The number of anilines is 3. The molecule has 7 aromatic carbocycles. The number of hydrogen-bond donors (Lipinski definition) is 0. The molecule has 0 aliphatic carbocycles. The van der Waals surface area contributed by atoms with E-state index < -0.39 is 0 Å². The van der Waals surface area contributed by atoms with Gasteiger partial charge in [-0.2, -0.15) is 0 Å². The Morgan fingerprint density at radius 1 is 0.389 bits per heavy atom. The van der Waals surface area contributed by atoms with E-state index in [1.165, 1.54) is 11.1 Å². The summed E-state index contributed by atoms with van der Waals surface area (Å²) in [6.07, 6.45) is 0. The van der Waals surface area contributed by atoms with Crippen molar-refractivity contribution in [2.75, 3.05) is 4.90 Å². The zero-order valence-corrected chi connectivity index (χ0v) is 31.9. The summed E-state index contributed by atoms with van der Waals surface area (Å²) in [5, 5.41) is 0. The highest BCUT2D eigenvalue weighted by molar-refractivity contribution is 6.98. The van der Waals surface area contributed by atoms with Crippen LogP contribution in [0.3, 0.4) is 0 Å². The van der Waals surface area contributed by atoms with Gasteiger partial charge in [-0.1, -0.05) is 151 Å². The third-order valence-corrected chi connectivity index (χ3v) is 10.9. The largest absolute Gasteiger partial charge is 0.458 e. The van der Waals surface area contributed by atoms with Crippen LogP contribution in [-0.2, 0) is 10.8 Å². The lowest BCUT2D eigenvalue weighted by molar-refractivity contribution is 0.465. The molecule has 0 unspecified atom stereocenters. The van der Waals surface area contributed by atoms with Gasteiger partial charge >= 0.3 is 0 Å². The second-order valence-electron chi connectivity index (χ2n) is 16.7. The van der Waals surface area contributed by atoms with Gasteiger partial charge in [0.2, 0.25) is 0 Å². The maximum atomic E-state index is 6.98. The summed E-state index contributed by atoms with van der Waals surface area (Å²) < 4.78 is 14.0. The Balaban J connectivity index is 1.24. The van der Waals surface area contributed by atoms with Crippen molar-refractivity contribution in [2.45, 2.75) is 52.4 Å². The molecule has 9 rings (SSSR count). The van der Waals surface area contributed by atoms with Crippen LogP contribution in [0.1, 0.15) is 52.7 Å². The van der Waals surface area contributed by atoms with E-state index >= 15 is 0 Å². The summed E-state index contributed by atoms with van der Waals surface area (Å²) in [6.45, 7) is 13.5. The molecule has 3 nitrogen and oxygen atoms in total. The summed E-state index contributed by atoms with van der Waals surface area (Å²) in [7, 11) is 0. The van der Waals surface area contributed by atoms with Gasteiger partial charge in [-0.25, -0.2) is 0 Å². The fraction of sp³-hybridized carbons (Fsp3) is 0.160. The van der Waals surface area contributed by atoms with Gasteiger partial charge in [0.05, 0.1) is 5.69 Å². The van der Waals surface area contributed by atoms with Crippen molar-refractivity contribution < 1.29 is 9.47 Å². The van der Waals surface area contributed by atoms with Crippen molar-refractivity contribution >= 4 is 40.2 Å². The number of benzene rings is 7. The lowest BCUT2D eigenvalue weighted by Gasteiger charge is -2.35. The average Bonchev–Trinajstić information content (AvgIpc) is 3.18. The lowest BCUT2D eigenvalue weighted by atomic mass is 9.34. The topological polar surface area (TPSA) is 21.7 Å². The van der Waals surface area contributed by atoms with Crippen molar-refractivity contribution in [3.8, 4) is 45.3 Å². The molecule has 0 spiro atoms. The Labute approximate surface area is 319 Å². The first-order valence-electron chi connectivity index (χ1n) is 18.9. The van der Waals surface area contributed by atoms with Crippen molar-refractivity contribution in [1.29, 1.82) is 0 Å². The van der Waals surface area contributed by atoms with Gasteiger partial charge in [0.1, 0.15) is 23.0 Å². The number of hydrogen-bond acceptors (Lipinski definition) is 3. The first-order valence-corrected chi connectivity index (χ1v) is 18.9. The van der Waals surface area contributed by atoms with E-state index in [1.54, 1.807) is 0 Å². The van der Waals surface area contributed by atoms with E-state index in [1.807, 2.05) is 0 Å². The summed E-state index contributed by atoms with van der Waals surface area (Å²) in [4.78, 5) is 2.32. The molecule has 4 heteroatoms. The second kappa shape index (κ2) is 12.8. The SMILES string of the molecule is CC(C)(C)c1ccc(N(c2ccc(C(C)(C)C)cc2)c2cc3c4c(c2)Oc2cc(-c5ccccc5)ccc2B4c2ccc(-c4ccccc4)cc2O3)cc1. The van der Waals surface area contributed by atoms with Crippen molar-refractivity contribution in [3.63, 3.8) is 0 Å². The van der Waals surface area contributed by atoms with Gasteiger partial charge in [0.15, 0.2) is 0 Å². The molecular weight excluding hydrogens is 657 g/mol. The molecule has 0 aromatic heterocycles. The Kier molecular flexibility index (Phi) is 8.04. The highest BCUT2D eigenvalue weighted by atomic mass is 16.5. The number of fused-ring (bicyclic) bond motifs is 4. The molecule has 0 bridgehead atoms. The zero-order valence-electron chi connectivity index (χ0n) is 31.9. The number of rotatable bonds is 5. The average molecular weight is 702 g/mol. The smallest absolute Gasteiger partial charge is 0.260 e. The first-order chi connectivity index (χ1) is 26.0. The second-order valence-corrected chi connectivity index (χ2v) is 16.7.